The van der Waals surface area contributed by atoms with Crippen molar-refractivity contribution in [2.45, 2.75) is 6.54 Å². The summed E-state index contributed by atoms with van der Waals surface area (Å²) in [5, 5.41) is 12.6. The van der Waals surface area contributed by atoms with Gasteiger partial charge in [0.2, 0.25) is 0 Å². The van der Waals surface area contributed by atoms with Gasteiger partial charge in [0.15, 0.2) is 0 Å². The molecule has 18 heavy (non-hydrogen) atoms. The average molecular weight is 323 g/mol. The van der Waals surface area contributed by atoms with Crippen LogP contribution in [0, 0.1) is 11.3 Å². The third-order valence-corrected chi connectivity index (χ3v) is 3.16. The van der Waals surface area contributed by atoms with E-state index in [9.17, 15) is 0 Å². The zero-order valence-electron chi connectivity index (χ0n) is 9.32. The van der Waals surface area contributed by atoms with Gasteiger partial charge in [-0.3, -0.25) is 4.98 Å². The molecule has 2 rings (SSSR count). The van der Waals surface area contributed by atoms with E-state index in [1.807, 2.05) is 12.1 Å². The van der Waals surface area contributed by atoms with E-state index in [-0.39, 0.29) is 0 Å². The molecule has 90 valence electrons. The van der Waals surface area contributed by atoms with E-state index >= 15 is 0 Å². The summed E-state index contributed by atoms with van der Waals surface area (Å²) in [6, 6.07) is 9.25. The molecule has 0 radical (unpaired) electrons. The van der Waals surface area contributed by atoms with E-state index in [0.717, 1.165) is 15.7 Å². The van der Waals surface area contributed by atoms with Crippen molar-refractivity contribution < 1.29 is 0 Å². The summed E-state index contributed by atoms with van der Waals surface area (Å²) in [7, 11) is 0. The maximum atomic E-state index is 8.75. The molecule has 2 aromatic rings. The Morgan fingerprint density at radius 2 is 2.17 bits per heavy atom. The van der Waals surface area contributed by atoms with Crippen LogP contribution in [0.3, 0.4) is 0 Å². The topological polar surface area (TPSA) is 48.7 Å². The highest BCUT2D eigenvalue weighted by Crippen LogP contribution is 2.20. The monoisotopic (exact) mass is 321 g/mol. The highest BCUT2D eigenvalue weighted by atomic mass is 79.9. The molecule has 0 aliphatic carbocycles. The van der Waals surface area contributed by atoms with Gasteiger partial charge in [-0.15, -0.1) is 0 Å². The van der Waals surface area contributed by atoms with Crippen molar-refractivity contribution in [2.24, 2.45) is 0 Å². The maximum absolute atomic E-state index is 8.75. The van der Waals surface area contributed by atoms with E-state index in [4.69, 9.17) is 16.9 Å². The van der Waals surface area contributed by atoms with Gasteiger partial charge in [-0.1, -0.05) is 17.7 Å². The number of nitrogens with zero attached hydrogens (tertiary/aromatic N) is 2. The van der Waals surface area contributed by atoms with Crippen LogP contribution >= 0.6 is 27.5 Å². The Bertz CT molecular complexity index is 607. The minimum Gasteiger partial charge on any atom is -0.380 e. The number of nitrogens with one attached hydrogen (secondary N) is 1. The van der Waals surface area contributed by atoms with E-state index in [1.54, 1.807) is 24.5 Å². The van der Waals surface area contributed by atoms with Crippen molar-refractivity contribution in [3.63, 3.8) is 0 Å². The van der Waals surface area contributed by atoms with Crippen molar-refractivity contribution in [3.8, 4) is 6.07 Å². The lowest BCUT2D eigenvalue weighted by molar-refractivity contribution is 1.13. The molecule has 0 saturated heterocycles. The molecule has 0 bridgehead atoms. The highest BCUT2D eigenvalue weighted by molar-refractivity contribution is 9.10. The molecule has 0 unspecified atom stereocenters. The van der Waals surface area contributed by atoms with Gasteiger partial charge in [-0.2, -0.15) is 5.26 Å². The molecule has 1 aromatic carbocycles. The van der Waals surface area contributed by atoms with E-state index in [2.05, 4.69) is 32.3 Å². The molecule has 0 aliphatic rings. The minimum absolute atomic E-state index is 0.563. The number of halogens is 2. The fraction of sp³-hybridized carbons (Fsp3) is 0.0769. The second kappa shape index (κ2) is 5.85. The second-order valence-electron chi connectivity index (χ2n) is 3.66. The number of hydrogen-bond acceptors (Lipinski definition) is 3. The Morgan fingerprint density at radius 1 is 1.33 bits per heavy atom. The number of hydrogen-bond donors (Lipinski definition) is 1. The lowest BCUT2D eigenvalue weighted by Gasteiger charge is -2.08. The van der Waals surface area contributed by atoms with Gasteiger partial charge in [0, 0.05) is 22.2 Å². The largest absolute Gasteiger partial charge is 0.380 e. The lowest BCUT2D eigenvalue weighted by Crippen LogP contribution is -2.00. The fourth-order valence-electron chi connectivity index (χ4n) is 1.47. The van der Waals surface area contributed by atoms with Gasteiger partial charge in [0.1, 0.15) is 0 Å². The van der Waals surface area contributed by atoms with Crippen LogP contribution in [-0.4, -0.2) is 4.98 Å². The third-order valence-electron chi connectivity index (χ3n) is 2.37. The first-order chi connectivity index (χ1) is 8.69. The molecule has 3 nitrogen and oxygen atoms in total. The van der Waals surface area contributed by atoms with Crippen molar-refractivity contribution in [1.29, 1.82) is 5.26 Å². The molecule has 0 spiro atoms. The Hall–Kier alpha value is -1.57. The number of pyridine rings is 1. The lowest BCUT2D eigenvalue weighted by atomic mass is 10.1. The van der Waals surface area contributed by atoms with E-state index < -0.39 is 0 Å². The number of rotatable bonds is 3. The molecule has 0 aliphatic heterocycles. The molecular formula is C13H9BrClN3. The van der Waals surface area contributed by atoms with Gasteiger partial charge in [0.25, 0.3) is 0 Å². The van der Waals surface area contributed by atoms with Crippen LogP contribution in [0.5, 0.6) is 0 Å². The normalized spacial score (nSPS) is 9.83. The molecule has 1 aromatic heterocycles. The fourth-order valence-corrected chi connectivity index (χ4v) is 2.08. The Labute approximate surface area is 119 Å². The van der Waals surface area contributed by atoms with Gasteiger partial charge in [-0.05, 0) is 39.7 Å². The molecular weight excluding hydrogens is 314 g/mol. The van der Waals surface area contributed by atoms with Crippen LogP contribution in [0.1, 0.15) is 11.1 Å². The van der Waals surface area contributed by atoms with Crippen molar-refractivity contribution in [1.82, 2.24) is 4.98 Å². The Kier molecular flexibility index (Phi) is 4.19. The van der Waals surface area contributed by atoms with Crippen molar-refractivity contribution in [3.05, 3.63) is 57.3 Å². The molecule has 0 saturated carbocycles. The Morgan fingerprint density at radius 3 is 2.83 bits per heavy atom. The summed E-state index contributed by atoms with van der Waals surface area (Å²) < 4.78 is 0.915. The number of aromatic nitrogens is 1. The van der Waals surface area contributed by atoms with E-state index in [0.29, 0.717) is 17.1 Å². The second-order valence-corrected chi connectivity index (χ2v) is 4.99. The average Bonchev–Trinajstić information content (AvgIpc) is 2.37. The molecule has 0 atom stereocenters. The number of benzene rings is 1. The number of nitriles is 1. The molecule has 0 amide bonds. The Balaban J connectivity index is 2.09. The highest BCUT2D eigenvalue weighted by Gasteiger charge is 2.02. The molecule has 1 heterocycles. The summed E-state index contributed by atoms with van der Waals surface area (Å²) in [5.41, 5.74) is 2.41. The smallest absolute Gasteiger partial charge is 0.0992 e. The van der Waals surface area contributed by atoms with Crippen molar-refractivity contribution >= 4 is 33.2 Å². The van der Waals surface area contributed by atoms with Gasteiger partial charge in [0.05, 0.1) is 23.5 Å². The summed E-state index contributed by atoms with van der Waals surface area (Å²) >= 11 is 9.45. The van der Waals surface area contributed by atoms with Gasteiger partial charge >= 0.3 is 0 Å². The summed E-state index contributed by atoms with van der Waals surface area (Å²) in [6.07, 6.45) is 3.46. The predicted octanol–water partition coefficient (Wildman–Crippen LogP) is 3.98. The number of anilines is 1. The summed E-state index contributed by atoms with van der Waals surface area (Å²) in [6.45, 7) is 0.586. The van der Waals surface area contributed by atoms with Crippen LogP contribution in [0.15, 0.2) is 41.1 Å². The molecule has 0 fully saturated rings. The van der Waals surface area contributed by atoms with Gasteiger partial charge < -0.3 is 5.32 Å². The van der Waals surface area contributed by atoms with Crippen LogP contribution in [0.4, 0.5) is 5.69 Å². The maximum Gasteiger partial charge on any atom is 0.0992 e. The zero-order chi connectivity index (χ0) is 13.0. The van der Waals surface area contributed by atoms with Crippen LogP contribution in [-0.2, 0) is 6.54 Å². The third kappa shape index (κ3) is 3.22. The van der Waals surface area contributed by atoms with Crippen LogP contribution in [0.2, 0.25) is 5.02 Å². The summed E-state index contributed by atoms with van der Waals surface area (Å²) in [4.78, 5) is 4.06. The molecule has 5 heteroatoms. The first-order valence-corrected chi connectivity index (χ1v) is 6.39. The van der Waals surface area contributed by atoms with Crippen LogP contribution < -0.4 is 5.32 Å². The van der Waals surface area contributed by atoms with Crippen LogP contribution in [0.25, 0.3) is 0 Å². The quantitative estimate of drug-likeness (QED) is 0.930. The summed E-state index contributed by atoms with van der Waals surface area (Å²) in [5.74, 6) is 0. The van der Waals surface area contributed by atoms with E-state index in [1.165, 1.54) is 0 Å². The van der Waals surface area contributed by atoms with Gasteiger partial charge in [-0.25, -0.2) is 0 Å². The predicted molar refractivity (Wildman–Crippen MR) is 75.4 cm³/mol. The zero-order valence-corrected chi connectivity index (χ0v) is 11.7. The minimum atomic E-state index is 0.563. The standard InChI is InChI=1S/C13H9BrClN3/c14-11-4-12(8-17-7-11)18-6-10-2-1-9(5-16)3-13(10)15/h1-4,7-8,18H,6H2. The first-order valence-electron chi connectivity index (χ1n) is 5.22. The first kappa shape index (κ1) is 12.9. The SMILES string of the molecule is N#Cc1ccc(CNc2cncc(Br)c2)c(Cl)c1. The van der Waals surface area contributed by atoms with Crippen molar-refractivity contribution in [2.75, 3.05) is 5.32 Å². The molecule has 1 N–H and O–H groups in total.